The van der Waals surface area contributed by atoms with Gasteiger partial charge in [0, 0.05) is 0 Å². The Morgan fingerprint density at radius 2 is 1.34 bits per heavy atom. The zero-order valence-electron chi connectivity index (χ0n) is 45.4. The van der Waals surface area contributed by atoms with Crippen molar-refractivity contribution in [2.45, 2.75) is 118 Å². The molecular weight excluding hydrogens is 966 g/mol. The summed E-state index contributed by atoms with van der Waals surface area (Å²) >= 11 is 2.38. The number of nitrogen functional groups attached to an aromatic ring is 1. The molecule has 3 aromatic rings. The molecule has 5 unspecified atom stereocenters. The number of amides is 7. The molecule has 3 aromatic carbocycles. The van der Waals surface area contributed by atoms with Crippen LogP contribution in [0.1, 0.15) is 109 Å². The zero-order valence-corrected chi connectivity index (χ0v) is 46.8. The van der Waals surface area contributed by atoms with E-state index >= 15 is 0 Å². The number of nitrogens with one attached hydrogen (secondary N) is 6. The second-order valence-corrected chi connectivity index (χ2v) is 20.3. The number of rotatable bonds is 17. The summed E-state index contributed by atoms with van der Waals surface area (Å²) in [5.74, 6) is -1.48. The first-order valence-electron chi connectivity index (χ1n) is 24.5. The van der Waals surface area contributed by atoms with Gasteiger partial charge >= 0.3 is 267 Å². The van der Waals surface area contributed by atoms with Crippen LogP contribution >= 0.6 is 0 Å². The molecule has 19 heteroatoms. The normalized spacial score (nSPS) is 16.5. The van der Waals surface area contributed by atoms with Crippen LogP contribution < -0.4 is 43.4 Å². The quantitative estimate of drug-likeness (QED) is 0.0554. The number of likely N-dealkylation sites (tertiary alicyclic amines) is 1. The minimum atomic E-state index is -0.861. The molecule has 5 rings (SSSR count). The summed E-state index contributed by atoms with van der Waals surface area (Å²) in [7, 11) is 3.30. The summed E-state index contributed by atoms with van der Waals surface area (Å²) in [6, 6.07) is 22.4. The first-order chi connectivity index (χ1) is 33.9. The number of nitrogens with two attached hydrogens (primary N) is 2. The first kappa shape index (κ1) is 65.1. The number of anilines is 1. The molecule has 0 spiro atoms. The molecule has 10 N–H and O–H groups in total. The van der Waals surface area contributed by atoms with E-state index in [4.69, 9.17) is 11.5 Å². The Bertz CT molecular complexity index is 2240. The maximum Gasteiger partial charge on any atom is -0.358 e. The third kappa shape index (κ3) is 22.0. The molecule has 7 amide bonds. The minimum absolute atomic E-state index is 0. The van der Waals surface area contributed by atoms with Crippen molar-refractivity contribution < 1.29 is 50.5 Å². The molecule has 0 radical (unpaired) electrons. The Morgan fingerprint density at radius 1 is 0.808 bits per heavy atom. The minimum Gasteiger partial charge on any atom is -0.358 e. The molecule has 2 heterocycles. The summed E-state index contributed by atoms with van der Waals surface area (Å²) in [6.45, 7) is 20.2. The summed E-state index contributed by atoms with van der Waals surface area (Å²) < 4.78 is 0.602. The van der Waals surface area contributed by atoms with E-state index in [0.29, 0.717) is 34.3 Å². The zero-order chi connectivity index (χ0) is 54.3. The van der Waals surface area contributed by atoms with Crippen LogP contribution in [0.2, 0.25) is 0 Å². The van der Waals surface area contributed by atoms with Crippen LogP contribution in [-0.2, 0) is 52.2 Å². The van der Waals surface area contributed by atoms with Gasteiger partial charge in [0.05, 0.1) is 12.1 Å². The monoisotopic (exact) mass is 1050 g/mol. The van der Waals surface area contributed by atoms with Crippen molar-refractivity contribution in [1.82, 2.24) is 46.6 Å². The van der Waals surface area contributed by atoms with E-state index in [0.717, 1.165) is 24.3 Å². The Labute approximate surface area is 443 Å². The van der Waals surface area contributed by atoms with Gasteiger partial charge in [-0.25, -0.2) is 0 Å². The summed E-state index contributed by atoms with van der Waals surface area (Å²) in [6.07, 6.45) is 2.11. The Balaban J connectivity index is 0.000000901. The van der Waals surface area contributed by atoms with Gasteiger partial charge in [0.25, 0.3) is 0 Å². The molecule has 2 saturated heterocycles. The van der Waals surface area contributed by atoms with Crippen molar-refractivity contribution in [1.29, 1.82) is 0 Å². The number of carbonyl (C=O) groups is 7. The number of hydrogen-bond acceptors (Lipinski definition) is 11. The fourth-order valence-corrected chi connectivity index (χ4v) is 7.71. The number of aryl methyl sites for hydroxylation is 1. The molecule has 2 aliphatic heterocycles. The molecule has 73 heavy (non-hydrogen) atoms. The van der Waals surface area contributed by atoms with Crippen molar-refractivity contribution in [3.8, 4) is 0 Å². The Hall–Kier alpha value is -5.92. The average molecular weight is 1050 g/mol. The largest absolute Gasteiger partial charge is 0.358 e. The van der Waals surface area contributed by atoms with E-state index in [-0.39, 0.29) is 69.3 Å². The van der Waals surface area contributed by atoms with Gasteiger partial charge in [-0.2, -0.15) is 0 Å². The van der Waals surface area contributed by atoms with Gasteiger partial charge in [0.2, 0.25) is 6.41 Å². The number of nitrogens with zero attached hydrogens (tertiary/aromatic N) is 3. The standard InChI is InChI=1S/C32H50N10O6.C9H11NO.C8H10.C4H10.CH3.V/c1-18(35-6)28(45)38-15-25(43)42-16-23(13-24(42)27(34)44)37-14-20-10-21(12-22(33)11-20)30(47)40-8-9-41(17-40)31(48)26(32(3,4)5)39-29(46)19(2)36-7;1-8(10-7-11)9-5-3-2-4-6-9;1-2-8-6-4-3-5-7-8;1-4(2)3;;/h10-12,18-19,23-24,26,35-37H,8-9,13,15-17,33H2,1-7H3,(H2,34,44)(H,38,45)(H,39,46);2-8H,1H3,(H,10,11);3-7H,2H2,1H3;4H,1-3H3;1H3;/q;;;;-1;/t18?,19-,23?,24?,26?;;;;;/m0...../s1. The van der Waals surface area contributed by atoms with Crippen molar-refractivity contribution >= 4 is 51.9 Å². The number of carbonyl (C=O) groups excluding carboxylic acids is 7. The van der Waals surface area contributed by atoms with E-state index in [2.05, 4.69) is 101 Å². The van der Waals surface area contributed by atoms with Crippen LogP contribution in [0.4, 0.5) is 5.69 Å². The molecule has 403 valence electrons. The van der Waals surface area contributed by atoms with Crippen LogP contribution in [0.15, 0.2) is 78.9 Å². The summed E-state index contributed by atoms with van der Waals surface area (Å²) in [5.41, 5.74) is 15.1. The molecule has 2 aliphatic rings. The average Bonchev–Trinajstić information content (AvgIpc) is 4.03. The fraction of sp³-hybridized carbons (Fsp3) is 0.500. The number of hydrogen-bond donors (Lipinski definition) is 8. The summed E-state index contributed by atoms with van der Waals surface area (Å²) in [4.78, 5) is 91.7. The van der Waals surface area contributed by atoms with Crippen LogP contribution in [0.25, 0.3) is 0 Å². The van der Waals surface area contributed by atoms with Crippen molar-refractivity contribution in [2.75, 3.05) is 52.7 Å². The fourth-order valence-electron chi connectivity index (χ4n) is 7.22. The molecular formula is C54H84N11O7V-. The summed E-state index contributed by atoms with van der Waals surface area (Å²) in [5, 5.41) is 17.1. The SMILES string of the molecule is CC(C)C.CC(NC=O)c1ccccc1.CCc1ccccc1.CNC(C)C(=O)NCC(=O)N1CC(N[C](=[V])c2cc(N)cc(C(=O)N3CCN(C(=O)C(NC(=O)[C@H](C)NC)C(C)(C)C)C3)c2)CC1C(N)=O.[CH3-]. The van der Waals surface area contributed by atoms with Gasteiger partial charge in [0.15, 0.2) is 0 Å². The molecule has 0 bridgehead atoms. The Kier molecular flexibility index (Phi) is 28.8. The molecule has 2 fully saturated rings. The number of primary amides is 1. The molecule has 0 saturated carbocycles. The maximum absolute atomic E-state index is 13.7. The van der Waals surface area contributed by atoms with E-state index in [9.17, 15) is 33.6 Å². The van der Waals surface area contributed by atoms with Crippen LogP contribution in [-0.4, -0.2) is 138 Å². The molecule has 0 aliphatic carbocycles. The predicted molar refractivity (Wildman–Crippen MR) is 287 cm³/mol. The van der Waals surface area contributed by atoms with Crippen molar-refractivity contribution in [3.63, 3.8) is 0 Å². The van der Waals surface area contributed by atoms with E-state index in [1.165, 1.54) is 10.5 Å². The van der Waals surface area contributed by atoms with Gasteiger partial charge in [-0.05, 0) is 44.4 Å². The van der Waals surface area contributed by atoms with Gasteiger partial charge < -0.3 is 18.1 Å². The maximum atomic E-state index is 13.7. The van der Waals surface area contributed by atoms with Crippen molar-refractivity contribution in [3.05, 3.63) is 109 Å². The topological polar surface area (TPSA) is 253 Å². The molecule has 18 nitrogen and oxygen atoms in total. The van der Waals surface area contributed by atoms with Gasteiger partial charge in [-0.15, -0.1) is 0 Å². The molecule has 0 aromatic heterocycles. The smallest absolute Gasteiger partial charge is 0.358 e. The van der Waals surface area contributed by atoms with E-state index in [1.54, 1.807) is 55.9 Å². The third-order valence-electron chi connectivity index (χ3n) is 11.7. The van der Waals surface area contributed by atoms with Gasteiger partial charge in [0.1, 0.15) is 0 Å². The number of likely N-dealkylation sites (N-methyl/N-ethyl adjacent to an activating group) is 2. The van der Waals surface area contributed by atoms with Crippen LogP contribution in [0, 0.1) is 18.8 Å². The van der Waals surface area contributed by atoms with Crippen LogP contribution in [0.3, 0.4) is 0 Å². The van der Waals surface area contributed by atoms with Crippen LogP contribution in [0.5, 0.6) is 0 Å². The van der Waals surface area contributed by atoms with Gasteiger partial charge in [-0.1, -0.05) is 88.4 Å². The number of benzene rings is 3. The predicted octanol–water partition coefficient (Wildman–Crippen LogP) is 3.30. The van der Waals surface area contributed by atoms with E-state index < -0.39 is 41.4 Å². The van der Waals surface area contributed by atoms with Crippen molar-refractivity contribution in [2.24, 2.45) is 17.1 Å². The van der Waals surface area contributed by atoms with E-state index in [1.807, 2.05) is 64.1 Å². The third-order valence-corrected chi connectivity index (χ3v) is 12.3. The first-order valence-corrected chi connectivity index (χ1v) is 25.2. The Morgan fingerprint density at radius 3 is 1.85 bits per heavy atom. The second kappa shape index (κ2) is 32.3. The second-order valence-electron chi connectivity index (χ2n) is 19.6. The molecule has 6 atom stereocenters. The van der Waals surface area contributed by atoms with Gasteiger partial charge in [-0.3, -0.25) is 9.59 Å².